The van der Waals surface area contributed by atoms with Gasteiger partial charge in [0, 0.05) is 22.5 Å². The van der Waals surface area contributed by atoms with Crippen molar-refractivity contribution in [1.29, 1.82) is 0 Å². The van der Waals surface area contributed by atoms with E-state index in [0.717, 1.165) is 40.5 Å². The molecular formula is C21H19ClN4O. The molecule has 5 nitrogen and oxygen atoms in total. The maximum absolute atomic E-state index is 12.6. The summed E-state index contributed by atoms with van der Waals surface area (Å²) in [5.41, 5.74) is 3.39. The van der Waals surface area contributed by atoms with Crippen molar-refractivity contribution in [2.24, 2.45) is 0 Å². The third-order valence-electron chi connectivity index (χ3n) is 4.45. The van der Waals surface area contributed by atoms with Gasteiger partial charge in [-0.05, 0) is 55.3 Å². The summed E-state index contributed by atoms with van der Waals surface area (Å²) in [5.74, 6) is 0.298. The molecule has 2 aromatic heterocycles. The lowest BCUT2D eigenvalue weighted by Crippen LogP contribution is -2.12. The van der Waals surface area contributed by atoms with Crippen molar-refractivity contribution in [1.82, 2.24) is 14.8 Å². The summed E-state index contributed by atoms with van der Waals surface area (Å²) < 4.78 is 1.86. The largest absolute Gasteiger partial charge is 0.305 e. The van der Waals surface area contributed by atoms with Crippen LogP contribution in [0.3, 0.4) is 0 Å². The quantitative estimate of drug-likeness (QED) is 0.530. The van der Waals surface area contributed by atoms with E-state index < -0.39 is 0 Å². The molecule has 6 heteroatoms. The van der Waals surface area contributed by atoms with E-state index in [4.69, 9.17) is 16.6 Å². The van der Waals surface area contributed by atoms with Crippen molar-refractivity contribution in [3.63, 3.8) is 0 Å². The smallest absolute Gasteiger partial charge is 0.256 e. The molecule has 0 unspecified atom stereocenters. The van der Waals surface area contributed by atoms with E-state index in [0.29, 0.717) is 16.4 Å². The van der Waals surface area contributed by atoms with Gasteiger partial charge in [-0.3, -0.25) is 4.79 Å². The summed E-state index contributed by atoms with van der Waals surface area (Å²) in [6, 6.07) is 15.0. The van der Waals surface area contributed by atoms with Gasteiger partial charge in [-0.25, -0.2) is 9.67 Å². The van der Waals surface area contributed by atoms with Crippen LogP contribution in [-0.4, -0.2) is 20.7 Å². The third kappa shape index (κ3) is 3.38. The third-order valence-corrected chi connectivity index (χ3v) is 4.70. The molecule has 0 saturated carbocycles. The van der Waals surface area contributed by atoms with Crippen LogP contribution in [0.4, 0.5) is 5.82 Å². The molecule has 136 valence electrons. The van der Waals surface area contributed by atoms with Gasteiger partial charge in [0.25, 0.3) is 5.91 Å². The second kappa shape index (κ2) is 7.00. The molecule has 1 amide bonds. The maximum atomic E-state index is 12.6. The van der Waals surface area contributed by atoms with Crippen molar-refractivity contribution < 1.29 is 4.79 Å². The molecule has 4 rings (SSSR count). The zero-order valence-electron chi connectivity index (χ0n) is 15.2. The van der Waals surface area contributed by atoms with Crippen LogP contribution in [0.1, 0.15) is 29.3 Å². The predicted molar refractivity (Wildman–Crippen MR) is 109 cm³/mol. The minimum Gasteiger partial charge on any atom is -0.305 e. The van der Waals surface area contributed by atoms with Crippen molar-refractivity contribution in [3.8, 4) is 0 Å². The Morgan fingerprint density at radius 1 is 1.15 bits per heavy atom. The normalized spacial score (nSPS) is 11.2. The van der Waals surface area contributed by atoms with Crippen molar-refractivity contribution >= 4 is 45.3 Å². The van der Waals surface area contributed by atoms with Crippen LogP contribution < -0.4 is 5.32 Å². The second-order valence-corrected chi connectivity index (χ2v) is 7.02. The predicted octanol–water partition coefficient (Wildman–Crippen LogP) is 5.21. The lowest BCUT2D eigenvalue weighted by atomic mass is 10.1. The topological polar surface area (TPSA) is 59.8 Å². The number of aromatic nitrogens is 3. The highest BCUT2D eigenvalue weighted by atomic mass is 35.5. The molecule has 0 aliphatic carbocycles. The number of aryl methyl sites for hydroxylation is 2. The summed E-state index contributed by atoms with van der Waals surface area (Å²) in [6.45, 7) is 4.87. The zero-order valence-corrected chi connectivity index (χ0v) is 15.9. The highest BCUT2D eigenvalue weighted by Gasteiger charge is 2.16. The van der Waals surface area contributed by atoms with Crippen LogP contribution in [-0.2, 0) is 6.54 Å². The van der Waals surface area contributed by atoms with Gasteiger partial charge in [0.05, 0.1) is 10.9 Å². The van der Waals surface area contributed by atoms with E-state index >= 15 is 0 Å². The minimum atomic E-state index is -0.223. The first kappa shape index (κ1) is 17.5. The lowest BCUT2D eigenvalue weighted by molar-refractivity contribution is 0.102. The van der Waals surface area contributed by atoms with Crippen LogP contribution in [0.25, 0.3) is 21.9 Å². The molecule has 0 atom stereocenters. The summed E-state index contributed by atoms with van der Waals surface area (Å²) in [5, 5.41) is 9.97. The van der Waals surface area contributed by atoms with Crippen LogP contribution in [0.15, 0.2) is 48.5 Å². The molecule has 0 saturated heterocycles. The van der Waals surface area contributed by atoms with E-state index in [1.807, 2.05) is 23.7 Å². The summed E-state index contributed by atoms with van der Waals surface area (Å²) in [4.78, 5) is 17.4. The van der Waals surface area contributed by atoms with Gasteiger partial charge in [-0.15, -0.1) is 0 Å². The van der Waals surface area contributed by atoms with Gasteiger partial charge in [0.2, 0.25) is 0 Å². The Balaban J connectivity index is 1.80. The number of pyridine rings is 1. The summed E-state index contributed by atoms with van der Waals surface area (Å²) in [7, 11) is 0. The highest BCUT2D eigenvalue weighted by Crippen LogP contribution is 2.27. The van der Waals surface area contributed by atoms with Crippen molar-refractivity contribution in [3.05, 3.63) is 64.7 Å². The highest BCUT2D eigenvalue weighted by molar-refractivity contribution is 6.30. The number of anilines is 1. The molecule has 1 N–H and O–H groups in total. The summed E-state index contributed by atoms with van der Waals surface area (Å²) in [6.07, 6.45) is 0.925. The Hall–Kier alpha value is -2.92. The van der Waals surface area contributed by atoms with Gasteiger partial charge in [0.15, 0.2) is 11.5 Å². The lowest BCUT2D eigenvalue weighted by Gasteiger charge is -2.04. The zero-order chi connectivity index (χ0) is 19.0. The average molecular weight is 379 g/mol. The minimum absolute atomic E-state index is 0.223. The van der Waals surface area contributed by atoms with Gasteiger partial charge >= 0.3 is 0 Å². The fourth-order valence-corrected chi connectivity index (χ4v) is 3.23. The number of hydrogen-bond acceptors (Lipinski definition) is 3. The standard InChI is InChI=1S/C21H19ClN4O/c1-3-10-26-20-17(12-15-5-4-13(2)11-18(15)23-20)19(25-26)24-21(27)14-6-8-16(22)9-7-14/h4-9,11-12H,3,10H2,1-2H3,(H,24,25,27). The van der Waals surface area contributed by atoms with Crippen LogP contribution in [0.5, 0.6) is 0 Å². The molecule has 27 heavy (non-hydrogen) atoms. The molecule has 0 aliphatic heterocycles. The number of rotatable bonds is 4. The number of amides is 1. The van der Waals surface area contributed by atoms with Crippen molar-refractivity contribution in [2.75, 3.05) is 5.32 Å². The van der Waals surface area contributed by atoms with Crippen LogP contribution in [0.2, 0.25) is 5.02 Å². The van der Waals surface area contributed by atoms with E-state index in [-0.39, 0.29) is 5.91 Å². The number of benzene rings is 2. The fourth-order valence-electron chi connectivity index (χ4n) is 3.10. The first-order chi connectivity index (χ1) is 13.0. The number of nitrogens with zero attached hydrogens (tertiary/aromatic N) is 3. The molecule has 0 radical (unpaired) electrons. The van der Waals surface area contributed by atoms with E-state index in [1.165, 1.54) is 0 Å². The molecule has 0 aliphatic rings. The maximum Gasteiger partial charge on any atom is 0.256 e. The molecule has 0 bridgehead atoms. The molecular weight excluding hydrogens is 360 g/mol. The monoisotopic (exact) mass is 378 g/mol. The van der Waals surface area contributed by atoms with Gasteiger partial charge in [0.1, 0.15) is 0 Å². The number of halogens is 1. The number of nitrogens with one attached hydrogen (secondary N) is 1. The van der Waals surface area contributed by atoms with Gasteiger partial charge < -0.3 is 5.32 Å². The Kier molecular flexibility index (Phi) is 4.54. The van der Waals surface area contributed by atoms with E-state index in [9.17, 15) is 4.79 Å². The average Bonchev–Trinajstić information content (AvgIpc) is 2.97. The number of fused-ring (bicyclic) bond motifs is 2. The number of carbonyl (C=O) groups excluding carboxylic acids is 1. The van der Waals surface area contributed by atoms with E-state index in [1.54, 1.807) is 24.3 Å². The SMILES string of the molecule is CCCn1nc(NC(=O)c2ccc(Cl)cc2)c2cc3ccc(C)cc3nc21. The molecule has 2 aromatic carbocycles. The number of carbonyl (C=O) groups is 1. The van der Waals surface area contributed by atoms with Crippen LogP contribution in [0, 0.1) is 6.92 Å². The first-order valence-electron chi connectivity index (χ1n) is 8.90. The Bertz CT molecular complexity index is 1150. The molecule has 0 fully saturated rings. The molecule has 0 spiro atoms. The first-order valence-corrected chi connectivity index (χ1v) is 9.28. The second-order valence-electron chi connectivity index (χ2n) is 6.59. The Morgan fingerprint density at radius 3 is 2.67 bits per heavy atom. The summed E-state index contributed by atoms with van der Waals surface area (Å²) >= 11 is 5.90. The van der Waals surface area contributed by atoms with Gasteiger partial charge in [-0.1, -0.05) is 30.7 Å². The fraction of sp³-hybridized carbons (Fsp3) is 0.190. The molecule has 4 aromatic rings. The van der Waals surface area contributed by atoms with E-state index in [2.05, 4.69) is 29.5 Å². The Morgan fingerprint density at radius 2 is 1.93 bits per heavy atom. The van der Waals surface area contributed by atoms with Crippen molar-refractivity contribution in [2.45, 2.75) is 26.8 Å². The van der Waals surface area contributed by atoms with Gasteiger partial charge in [-0.2, -0.15) is 5.10 Å². The Labute approximate surface area is 162 Å². The number of hydrogen-bond donors (Lipinski definition) is 1. The molecule has 2 heterocycles. The van der Waals surface area contributed by atoms with Crippen LogP contribution >= 0.6 is 11.6 Å².